The van der Waals surface area contributed by atoms with Gasteiger partial charge in [-0.1, -0.05) is 192 Å². The number of nitroso groups, excluding NO2 is 1. The summed E-state index contributed by atoms with van der Waals surface area (Å²) in [7, 11) is 1.79. The summed E-state index contributed by atoms with van der Waals surface area (Å²) in [6.07, 6.45) is 36.8. The fourth-order valence-electron chi connectivity index (χ4n) is 6.37. The van der Waals surface area contributed by atoms with Crippen LogP contribution in [-0.4, -0.2) is 61.6 Å². The number of unbranched alkanes of at least 4 members (excludes halogenated alkanes) is 26. The van der Waals surface area contributed by atoms with Crippen LogP contribution in [0.3, 0.4) is 0 Å². The predicted molar refractivity (Wildman–Crippen MR) is 211 cm³/mol. The Morgan fingerprint density at radius 1 is 0.633 bits per heavy atom. The molecule has 0 spiro atoms. The molecular formula is C40H82N3O5P. The van der Waals surface area contributed by atoms with Crippen molar-refractivity contribution < 1.29 is 18.7 Å². The van der Waals surface area contributed by atoms with E-state index in [9.17, 15) is 14.6 Å². The minimum absolute atomic E-state index is 0.0175. The van der Waals surface area contributed by atoms with Gasteiger partial charge in [-0.05, 0) is 26.9 Å². The molecule has 1 amide bonds. The lowest BCUT2D eigenvalue weighted by Gasteiger charge is -2.24. The van der Waals surface area contributed by atoms with Gasteiger partial charge in [0.15, 0.2) is 0 Å². The van der Waals surface area contributed by atoms with Crippen LogP contribution < -0.4 is 5.32 Å². The largest absolute Gasteiger partial charge is 0.349 e. The zero-order valence-electron chi connectivity index (χ0n) is 32.9. The SMILES string of the molecule is CCCCCCCCCCCCCCCCCC(=O)NC(COP(O)OCCN(C)C)C(CCCCCCCCCCCCCCC)N=O. The third-order valence-electron chi connectivity index (χ3n) is 9.66. The van der Waals surface area contributed by atoms with Crippen molar-refractivity contribution in [3.8, 4) is 0 Å². The second-order valence-corrected chi connectivity index (χ2v) is 15.7. The lowest BCUT2D eigenvalue weighted by atomic mass is 10.00. The number of carbonyl (C=O) groups excluding carboxylic acids is 1. The van der Waals surface area contributed by atoms with Gasteiger partial charge in [0.05, 0.1) is 19.3 Å². The van der Waals surface area contributed by atoms with Crippen LogP contribution in [0, 0.1) is 4.91 Å². The van der Waals surface area contributed by atoms with Gasteiger partial charge in [-0.15, -0.1) is 0 Å². The highest BCUT2D eigenvalue weighted by Gasteiger charge is 2.26. The molecule has 0 bridgehead atoms. The van der Waals surface area contributed by atoms with Crippen LogP contribution >= 0.6 is 8.60 Å². The molecule has 0 saturated heterocycles. The van der Waals surface area contributed by atoms with Crippen LogP contribution in [0.4, 0.5) is 0 Å². The Hall–Kier alpha value is -0.660. The molecule has 0 aromatic rings. The van der Waals surface area contributed by atoms with Crippen molar-refractivity contribution in [2.24, 2.45) is 5.18 Å². The minimum atomic E-state index is -2.08. The summed E-state index contributed by atoms with van der Waals surface area (Å²) in [5.74, 6) is -0.0712. The quantitative estimate of drug-likeness (QED) is 0.0372. The Balaban J connectivity index is 4.31. The van der Waals surface area contributed by atoms with E-state index in [1.807, 2.05) is 19.0 Å². The Morgan fingerprint density at radius 2 is 1.02 bits per heavy atom. The van der Waals surface area contributed by atoms with Crippen molar-refractivity contribution in [2.75, 3.05) is 33.9 Å². The van der Waals surface area contributed by atoms with Crippen LogP contribution in [0.15, 0.2) is 5.18 Å². The number of likely N-dealkylation sites (N-methyl/N-ethyl adjacent to an activating group) is 1. The molecule has 292 valence electrons. The van der Waals surface area contributed by atoms with Gasteiger partial charge in [0.1, 0.15) is 6.04 Å². The first kappa shape index (κ1) is 48.3. The predicted octanol–water partition coefficient (Wildman–Crippen LogP) is 12.2. The summed E-state index contributed by atoms with van der Waals surface area (Å²) in [4.78, 5) is 37.0. The molecule has 0 radical (unpaired) electrons. The summed E-state index contributed by atoms with van der Waals surface area (Å²) in [5, 5.41) is 6.43. The third-order valence-corrected chi connectivity index (χ3v) is 10.4. The molecule has 0 aliphatic heterocycles. The van der Waals surface area contributed by atoms with E-state index in [2.05, 4.69) is 24.3 Å². The molecule has 0 aromatic heterocycles. The molecule has 8 nitrogen and oxygen atoms in total. The zero-order chi connectivity index (χ0) is 36.0. The number of hydrogen-bond acceptors (Lipinski definition) is 7. The topological polar surface area (TPSA) is 100 Å². The Labute approximate surface area is 305 Å². The van der Waals surface area contributed by atoms with Gasteiger partial charge in [0.2, 0.25) is 5.91 Å². The molecule has 0 rings (SSSR count). The number of rotatable bonds is 40. The first-order valence-corrected chi connectivity index (χ1v) is 22.1. The van der Waals surface area contributed by atoms with E-state index in [1.165, 1.54) is 141 Å². The standard InChI is InChI=1S/C40H82N3O5P/c1-5-7-9-11-13-15-17-19-20-22-24-26-28-30-32-34-40(44)41-39(37-48-49(46)47-36-35-43(3)4)38(42-45)33-31-29-27-25-23-21-18-16-14-12-10-8-6-2/h38-39,46H,5-37H2,1-4H3,(H,41,44). The molecule has 49 heavy (non-hydrogen) atoms. The van der Waals surface area contributed by atoms with E-state index in [4.69, 9.17) is 9.05 Å². The molecule has 0 heterocycles. The van der Waals surface area contributed by atoms with Crippen molar-refractivity contribution in [1.82, 2.24) is 10.2 Å². The van der Waals surface area contributed by atoms with Crippen molar-refractivity contribution in [3.63, 3.8) is 0 Å². The van der Waals surface area contributed by atoms with Gasteiger partial charge >= 0.3 is 8.60 Å². The molecule has 3 atom stereocenters. The van der Waals surface area contributed by atoms with Crippen LogP contribution in [0.5, 0.6) is 0 Å². The van der Waals surface area contributed by atoms with Gasteiger partial charge in [-0.3, -0.25) is 4.79 Å². The number of amides is 1. The maximum atomic E-state index is 12.9. The smallest absolute Gasteiger partial charge is 0.329 e. The molecule has 0 aromatic carbocycles. The van der Waals surface area contributed by atoms with Gasteiger partial charge < -0.3 is 24.2 Å². The van der Waals surface area contributed by atoms with E-state index in [0.717, 1.165) is 38.5 Å². The highest BCUT2D eigenvalue weighted by molar-refractivity contribution is 7.40. The Morgan fingerprint density at radius 3 is 1.41 bits per heavy atom. The van der Waals surface area contributed by atoms with Crippen molar-refractivity contribution in [3.05, 3.63) is 4.91 Å². The normalized spacial score (nSPS) is 13.5. The van der Waals surface area contributed by atoms with Crippen LogP contribution in [0.25, 0.3) is 0 Å². The Bertz CT molecular complexity index is 703. The fourth-order valence-corrected chi connectivity index (χ4v) is 6.97. The van der Waals surface area contributed by atoms with E-state index < -0.39 is 20.7 Å². The lowest BCUT2D eigenvalue weighted by Crippen LogP contribution is -2.45. The van der Waals surface area contributed by atoms with Gasteiger partial charge in [0.25, 0.3) is 0 Å². The number of nitrogens with one attached hydrogen (secondary N) is 1. The highest BCUT2D eigenvalue weighted by atomic mass is 31.2. The molecule has 0 aliphatic carbocycles. The Kier molecular flexibility index (Phi) is 38.0. The van der Waals surface area contributed by atoms with Crippen molar-refractivity contribution in [2.45, 2.75) is 219 Å². The van der Waals surface area contributed by atoms with Crippen LogP contribution in [-0.2, 0) is 13.8 Å². The van der Waals surface area contributed by atoms with E-state index in [1.54, 1.807) is 0 Å². The number of nitrogens with zero attached hydrogens (tertiary/aromatic N) is 2. The van der Waals surface area contributed by atoms with Gasteiger partial charge in [0, 0.05) is 13.0 Å². The van der Waals surface area contributed by atoms with E-state index in [-0.39, 0.29) is 12.5 Å². The van der Waals surface area contributed by atoms with Gasteiger partial charge in [-0.2, -0.15) is 4.91 Å². The van der Waals surface area contributed by atoms with E-state index in [0.29, 0.717) is 26.0 Å². The molecule has 3 unspecified atom stereocenters. The van der Waals surface area contributed by atoms with Crippen molar-refractivity contribution >= 4 is 14.5 Å². The first-order valence-electron chi connectivity index (χ1n) is 21.0. The summed E-state index contributed by atoms with van der Waals surface area (Å²) in [6, 6.07) is -1.14. The monoisotopic (exact) mass is 716 g/mol. The van der Waals surface area contributed by atoms with E-state index >= 15 is 0 Å². The van der Waals surface area contributed by atoms with Crippen LogP contribution in [0.2, 0.25) is 0 Å². The summed E-state index contributed by atoms with van der Waals surface area (Å²) < 4.78 is 11.0. The average Bonchev–Trinajstić information content (AvgIpc) is 3.08. The second-order valence-electron chi connectivity index (χ2n) is 14.7. The molecule has 9 heteroatoms. The average molecular weight is 716 g/mol. The second kappa shape index (κ2) is 38.6. The lowest BCUT2D eigenvalue weighted by molar-refractivity contribution is -0.122. The summed E-state index contributed by atoms with van der Waals surface area (Å²) in [6.45, 7) is 5.57. The molecule has 0 fully saturated rings. The third kappa shape index (κ3) is 35.5. The molecule has 0 aliphatic rings. The first-order chi connectivity index (χ1) is 23.9. The van der Waals surface area contributed by atoms with Gasteiger partial charge in [-0.25, -0.2) is 0 Å². The van der Waals surface area contributed by atoms with Crippen molar-refractivity contribution in [1.29, 1.82) is 0 Å². The summed E-state index contributed by atoms with van der Waals surface area (Å²) >= 11 is 0. The zero-order valence-corrected chi connectivity index (χ0v) is 33.8. The number of carbonyl (C=O) groups is 1. The number of hydrogen-bond donors (Lipinski definition) is 2. The highest BCUT2D eigenvalue weighted by Crippen LogP contribution is 2.33. The molecular weight excluding hydrogens is 633 g/mol. The molecule has 2 N–H and O–H groups in total. The maximum absolute atomic E-state index is 12.9. The summed E-state index contributed by atoms with van der Waals surface area (Å²) in [5.41, 5.74) is 0. The fraction of sp³-hybridized carbons (Fsp3) is 0.975. The maximum Gasteiger partial charge on any atom is 0.329 e. The minimum Gasteiger partial charge on any atom is -0.349 e. The van der Waals surface area contributed by atoms with Crippen LogP contribution in [0.1, 0.15) is 206 Å². The molecule has 0 saturated carbocycles.